The summed E-state index contributed by atoms with van der Waals surface area (Å²) < 4.78 is 5.98. The predicted molar refractivity (Wildman–Crippen MR) is 65.6 cm³/mol. The minimum Gasteiger partial charge on any atom is -0.362 e. The van der Waals surface area contributed by atoms with Crippen LogP contribution in [-0.2, 0) is 14.3 Å². The first-order valence-corrected chi connectivity index (χ1v) is 6.64. The normalized spacial score (nSPS) is 41.7. The number of likely N-dealkylation sites (tertiary alicyclic amines) is 1. The summed E-state index contributed by atoms with van der Waals surface area (Å²) in [5, 5.41) is 0. The molecule has 4 heteroatoms. The lowest BCUT2D eigenvalue weighted by molar-refractivity contribution is -0.147. The van der Waals surface area contributed by atoms with Crippen LogP contribution >= 0.6 is 0 Å². The van der Waals surface area contributed by atoms with E-state index in [1.54, 1.807) is 0 Å². The van der Waals surface area contributed by atoms with E-state index in [9.17, 15) is 9.59 Å². The highest BCUT2D eigenvalue weighted by Gasteiger charge is 2.68. The molecule has 2 amide bonds. The Kier molecular flexibility index (Phi) is 2.28. The Balaban J connectivity index is 2.06. The van der Waals surface area contributed by atoms with Gasteiger partial charge in [0.2, 0.25) is 11.8 Å². The average Bonchev–Trinajstić information content (AvgIpc) is 2.89. The molecular weight excluding hydrogens is 230 g/mol. The Hall–Kier alpha value is -1.16. The Morgan fingerprint density at radius 3 is 2.44 bits per heavy atom. The zero-order valence-electron chi connectivity index (χ0n) is 11.2. The Labute approximate surface area is 107 Å². The van der Waals surface area contributed by atoms with Crippen LogP contribution in [0.15, 0.2) is 12.2 Å². The third kappa shape index (κ3) is 1.14. The second kappa shape index (κ2) is 3.44. The molecule has 3 aliphatic heterocycles. The molecule has 0 saturated carbocycles. The Morgan fingerprint density at radius 1 is 1.22 bits per heavy atom. The van der Waals surface area contributed by atoms with E-state index in [-0.39, 0.29) is 41.7 Å². The molecule has 0 aromatic carbocycles. The molecule has 3 heterocycles. The number of carbonyl (C=O) groups is 2. The molecule has 3 aliphatic rings. The van der Waals surface area contributed by atoms with Crippen molar-refractivity contribution >= 4 is 11.8 Å². The summed E-state index contributed by atoms with van der Waals surface area (Å²) >= 11 is 0. The first-order valence-electron chi connectivity index (χ1n) is 6.64. The van der Waals surface area contributed by atoms with Crippen molar-refractivity contribution < 1.29 is 14.3 Å². The lowest BCUT2D eigenvalue weighted by atomic mass is 9.72. The predicted octanol–water partition coefficient (Wildman–Crippen LogP) is 1.36. The second-order valence-electron chi connectivity index (χ2n) is 6.09. The summed E-state index contributed by atoms with van der Waals surface area (Å²) in [5.74, 6) is -0.537. The molecule has 2 fully saturated rings. The molecule has 98 valence electrons. The first-order chi connectivity index (χ1) is 8.40. The molecule has 3 rings (SSSR count). The van der Waals surface area contributed by atoms with E-state index in [4.69, 9.17) is 4.74 Å². The fraction of sp³-hybridized carbons (Fsp3) is 0.714. The molecule has 4 atom stereocenters. The van der Waals surface area contributed by atoms with Gasteiger partial charge in [0.05, 0.1) is 17.9 Å². The molecule has 0 aliphatic carbocycles. The maximum absolute atomic E-state index is 12.5. The van der Waals surface area contributed by atoms with Crippen LogP contribution < -0.4 is 0 Å². The Morgan fingerprint density at radius 2 is 1.89 bits per heavy atom. The van der Waals surface area contributed by atoms with E-state index in [2.05, 4.69) is 0 Å². The Bertz CT molecular complexity index is 454. The van der Waals surface area contributed by atoms with Crippen molar-refractivity contribution in [2.24, 2.45) is 17.8 Å². The molecule has 0 radical (unpaired) electrons. The van der Waals surface area contributed by atoms with E-state index in [1.807, 2.05) is 39.8 Å². The number of hydrogen-bond acceptors (Lipinski definition) is 3. The summed E-state index contributed by atoms with van der Waals surface area (Å²) in [5.41, 5.74) is -0.564. The van der Waals surface area contributed by atoms with Crippen molar-refractivity contribution in [1.82, 2.24) is 4.90 Å². The first kappa shape index (κ1) is 11.9. The fourth-order valence-corrected chi connectivity index (χ4v) is 3.65. The zero-order valence-corrected chi connectivity index (χ0v) is 11.2. The molecule has 4 unspecified atom stereocenters. The molecule has 4 nitrogen and oxygen atoms in total. The summed E-state index contributed by atoms with van der Waals surface area (Å²) in [6, 6.07) is -0.0702. The molecule has 18 heavy (non-hydrogen) atoms. The SMILES string of the molecule is CC(C)N1C(=O)C2C3C=CC(C(C)C)(O3)C2C1=O. The third-order valence-corrected chi connectivity index (χ3v) is 4.53. The number of amides is 2. The lowest BCUT2D eigenvalue weighted by Crippen LogP contribution is -2.45. The number of nitrogens with zero attached hydrogens (tertiary/aromatic N) is 1. The van der Waals surface area contributed by atoms with Gasteiger partial charge in [-0.25, -0.2) is 0 Å². The molecule has 2 saturated heterocycles. The van der Waals surface area contributed by atoms with Gasteiger partial charge >= 0.3 is 0 Å². The van der Waals surface area contributed by atoms with Gasteiger partial charge in [0.1, 0.15) is 5.60 Å². The summed E-state index contributed by atoms with van der Waals surface area (Å²) in [7, 11) is 0. The van der Waals surface area contributed by atoms with Gasteiger partial charge in [-0.2, -0.15) is 0 Å². The van der Waals surface area contributed by atoms with Crippen LogP contribution in [0.5, 0.6) is 0 Å². The van der Waals surface area contributed by atoms with Crippen LogP contribution in [0.25, 0.3) is 0 Å². The number of ether oxygens (including phenoxy) is 1. The van der Waals surface area contributed by atoms with Crippen molar-refractivity contribution in [3.05, 3.63) is 12.2 Å². The van der Waals surface area contributed by atoms with Crippen LogP contribution in [-0.4, -0.2) is 34.5 Å². The topological polar surface area (TPSA) is 46.6 Å². The second-order valence-corrected chi connectivity index (χ2v) is 6.09. The van der Waals surface area contributed by atoms with Crippen molar-refractivity contribution in [3.63, 3.8) is 0 Å². The monoisotopic (exact) mass is 249 g/mol. The number of rotatable bonds is 2. The number of fused-ring (bicyclic) bond motifs is 5. The highest BCUT2D eigenvalue weighted by Crippen LogP contribution is 2.54. The van der Waals surface area contributed by atoms with E-state index in [0.717, 1.165) is 0 Å². The van der Waals surface area contributed by atoms with Gasteiger partial charge in [0.15, 0.2) is 0 Å². The molecular formula is C14H19NO3. The van der Waals surface area contributed by atoms with Crippen molar-refractivity contribution in [1.29, 1.82) is 0 Å². The average molecular weight is 249 g/mol. The maximum Gasteiger partial charge on any atom is 0.236 e. The molecule has 0 aromatic rings. The zero-order chi connectivity index (χ0) is 13.2. The number of carbonyl (C=O) groups excluding carboxylic acids is 2. The minimum absolute atomic E-state index is 0.0550. The molecule has 0 aromatic heterocycles. The van der Waals surface area contributed by atoms with Gasteiger partial charge < -0.3 is 4.74 Å². The van der Waals surface area contributed by atoms with Gasteiger partial charge in [-0.05, 0) is 19.8 Å². The van der Waals surface area contributed by atoms with E-state index in [1.165, 1.54) is 4.90 Å². The summed E-state index contributed by atoms with van der Waals surface area (Å²) in [6.07, 6.45) is 3.74. The maximum atomic E-state index is 12.5. The van der Waals surface area contributed by atoms with E-state index < -0.39 is 5.60 Å². The van der Waals surface area contributed by atoms with Crippen molar-refractivity contribution in [2.75, 3.05) is 0 Å². The quantitative estimate of drug-likeness (QED) is 0.548. The largest absolute Gasteiger partial charge is 0.362 e. The highest BCUT2D eigenvalue weighted by atomic mass is 16.5. The van der Waals surface area contributed by atoms with Crippen molar-refractivity contribution in [2.45, 2.75) is 45.4 Å². The standard InChI is InChI=1S/C14H19NO3/c1-7(2)14-6-5-9(18-14)10-11(14)13(17)15(8(3)4)12(10)16/h5-11H,1-4H3. The van der Waals surface area contributed by atoms with Gasteiger partial charge in [-0.15, -0.1) is 0 Å². The van der Waals surface area contributed by atoms with Crippen molar-refractivity contribution in [3.8, 4) is 0 Å². The molecule has 2 bridgehead atoms. The highest BCUT2D eigenvalue weighted by molar-refractivity contribution is 6.07. The van der Waals surface area contributed by atoms with Crippen LogP contribution in [0.3, 0.4) is 0 Å². The minimum atomic E-state index is -0.564. The van der Waals surface area contributed by atoms with E-state index >= 15 is 0 Å². The number of imide groups is 1. The summed E-state index contributed by atoms with van der Waals surface area (Å²) in [4.78, 5) is 26.3. The van der Waals surface area contributed by atoms with Gasteiger partial charge in [-0.1, -0.05) is 26.0 Å². The van der Waals surface area contributed by atoms with E-state index in [0.29, 0.717) is 0 Å². The summed E-state index contributed by atoms with van der Waals surface area (Å²) in [6.45, 7) is 7.86. The van der Waals surface area contributed by atoms with Crippen LogP contribution in [0, 0.1) is 17.8 Å². The lowest BCUT2D eigenvalue weighted by Gasteiger charge is -2.33. The van der Waals surface area contributed by atoms with Gasteiger partial charge in [0.25, 0.3) is 0 Å². The van der Waals surface area contributed by atoms with Crippen LogP contribution in [0.4, 0.5) is 0 Å². The fourth-order valence-electron chi connectivity index (χ4n) is 3.65. The molecule has 0 spiro atoms. The van der Waals surface area contributed by atoms with Crippen LogP contribution in [0.2, 0.25) is 0 Å². The van der Waals surface area contributed by atoms with Crippen LogP contribution in [0.1, 0.15) is 27.7 Å². The molecule has 0 N–H and O–H groups in total. The van der Waals surface area contributed by atoms with Gasteiger partial charge in [0, 0.05) is 6.04 Å². The third-order valence-electron chi connectivity index (χ3n) is 4.53. The number of hydrogen-bond donors (Lipinski definition) is 0. The smallest absolute Gasteiger partial charge is 0.236 e. The van der Waals surface area contributed by atoms with Gasteiger partial charge in [-0.3, -0.25) is 14.5 Å².